The van der Waals surface area contributed by atoms with Crippen LogP contribution in [0.3, 0.4) is 0 Å². The number of amides is 1. The Morgan fingerprint density at radius 3 is 2.75 bits per heavy atom. The minimum Gasteiger partial charge on any atom is -0.367 e. The summed E-state index contributed by atoms with van der Waals surface area (Å²) < 4.78 is 1.67. The second-order valence-electron chi connectivity index (χ2n) is 7.96. The maximum Gasteiger partial charge on any atom is 0.257 e. The Kier molecular flexibility index (Phi) is 5.47. The number of carbonyl (C=O) groups is 1. The van der Waals surface area contributed by atoms with Crippen molar-refractivity contribution in [1.82, 2.24) is 30.3 Å². The number of rotatable bonds is 5. The lowest BCUT2D eigenvalue weighted by Gasteiger charge is -2.24. The van der Waals surface area contributed by atoms with Crippen LogP contribution >= 0.6 is 0 Å². The Morgan fingerprint density at radius 1 is 1.06 bits per heavy atom. The molecule has 9 nitrogen and oxygen atoms in total. The van der Waals surface area contributed by atoms with Crippen molar-refractivity contribution in [2.45, 2.75) is 18.9 Å². The predicted molar refractivity (Wildman–Crippen MR) is 123 cm³/mol. The van der Waals surface area contributed by atoms with Crippen LogP contribution in [0, 0.1) is 0 Å². The highest BCUT2D eigenvalue weighted by Gasteiger charge is 2.15. The van der Waals surface area contributed by atoms with Gasteiger partial charge in [-0.3, -0.25) is 9.48 Å². The van der Waals surface area contributed by atoms with E-state index in [4.69, 9.17) is 0 Å². The van der Waals surface area contributed by atoms with Crippen molar-refractivity contribution in [1.29, 1.82) is 0 Å². The third-order valence-electron chi connectivity index (χ3n) is 5.58. The molecule has 3 N–H and O–H groups in total. The molecule has 1 aliphatic rings. The number of benzene rings is 1. The SMILES string of the molecule is Cn1cc(-c2ccc3cnc(NC(=O)c4ccnc(NC5CCNCC5)c4)cc3c2)nn1. The van der Waals surface area contributed by atoms with Gasteiger partial charge in [0.05, 0.1) is 6.20 Å². The van der Waals surface area contributed by atoms with E-state index in [0.717, 1.165) is 48.0 Å². The molecule has 0 spiro atoms. The van der Waals surface area contributed by atoms with E-state index < -0.39 is 0 Å². The van der Waals surface area contributed by atoms with Crippen molar-refractivity contribution in [2.75, 3.05) is 23.7 Å². The number of nitrogens with zero attached hydrogens (tertiary/aromatic N) is 5. The lowest BCUT2D eigenvalue weighted by Crippen LogP contribution is -2.35. The molecule has 0 bridgehead atoms. The quantitative estimate of drug-likeness (QED) is 0.448. The highest BCUT2D eigenvalue weighted by molar-refractivity contribution is 6.05. The molecule has 1 aromatic carbocycles. The van der Waals surface area contributed by atoms with E-state index in [1.165, 1.54) is 0 Å². The number of aromatic nitrogens is 5. The average Bonchev–Trinajstić information content (AvgIpc) is 3.26. The molecular weight excluding hydrogens is 404 g/mol. The third kappa shape index (κ3) is 4.42. The normalized spacial score (nSPS) is 14.4. The first-order valence-corrected chi connectivity index (χ1v) is 10.7. The standard InChI is InChI=1S/C23H24N8O/c1-31-14-20(29-30-31)15-2-3-17-13-26-22(12-18(17)10-15)28-23(32)16-4-9-25-21(11-16)27-19-5-7-24-8-6-19/h2-4,9-14,19,24H,5-8H2,1H3,(H,25,27)(H,26,28,32). The van der Waals surface area contributed by atoms with E-state index in [0.29, 0.717) is 23.2 Å². The summed E-state index contributed by atoms with van der Waals surface area (Å²) in [5, 5.41) is 19.8. The first-order valence-electron chi connectivity index (χ1n) is 10.7. The smallest absolute Gasteiger partial charge is 0.257 e. The molecule has 3 aromatic heterocycles. The molecule has 1 amide bonds. The van der Waals surface area contributed by atoms with E-state index in [1.54, 1.807) is 29.2 Å². The monoisotopic (exact) mass is 428 g/mol. The molecule has 162 valence electrons. The summed E-state index contributed by atoms with van der Waals surface area (Å²) in [6.45, 7) is 1.98. The van der Waals surface area contributed by atoms with E-state index >= 15 is 0 Å². The molecule has 32 heavy (non-hydrogen) atoms. The molecule has 0 aliphatic carbocycles. The fourth-order valence-electron chi connectivity index (χ4n) is 3.86. The number of nitrogens with one attached hydrogen (secondary N) is 3. The minimum atomic E-state index is -0.224. The zero-order chi connectivity index (χ0) is 21.9. The van der Waals surface area contributed by atoms with Gasteiger partial charge in [0.1, 0.15) is 17.3 Å². The Labute approximate surface area is 185 Å². The fourth-order valence-corrected chi connectivity index (χ4v) is 3.86. The largest absolute Gasteiger partial charge is 0.367 e. The molecule has 1 aliphatic heterocycles. The van der Waals surface area contributed by atoms with Crippen LogP contribution in [-0.4, -0.2) is 50.0 Å². The third-order valence-corrected chi connectivity index (χ3v) is 5.58. The van der Waals surface area contributed by atoms with Crippen LogP contribution in [-0.2, 0) is 7.05 Å². The van der Waals surface area contributed by atoms with Gasteiger partial charge in [-0.25, -0.2) is 9.97 Å². The molecule has 4 heterocycles. The van der Waals surface area contributed by atoms with Gasteiger partial charge in [-0.2, -0.15) is 0 Å². The highest BCUT2D eigenvalue weighted by Crippen LogP contribution is 2.24. The topological polar surface area (TPSA) is 110 Å². The average molecular weight is 429 g/mol. The van der Waals surface area contributed by atoms with Gasteiger partial charge in [0.15, 0.2) is 0 Å². The van der Waals surface area contributed by atoms with Gasteiger partial charge in [-0.1, -0.05) is 17.3 Å². The van der Waals surface area contributed by atoms with Gasteiger partial charge < -0.3 is 16.0 Å². The van der Waals surface area contributed by atoms with Gasteiger partial charge in [0.2, 0.25) is 0 Å². The molecular formula is C23H24N8O. The number of aryl methyl sites for hydroxylation is 1. The van der Waals surface area contributed by atoms with Gasteiger partial charge in [0.25, 0.3) is 5.91 Å². The molecule has 0 radical (unpaired) electrons. The van der Waals surface area contributed by atoms with Gasteiger partial charge in [-0.05, 0) is 55.6 Å². The first-order chi connectivity index (χ1) is 15.6. The van der Waals surface area contributed by atoms with E-state index in [2.05, 4.69) is 36.2 Å². The van der Waals surface area contributed by atoms with Crippen molar-refractivity contribution >= 4 is 28.3 Å². The van der Waals surface area contributed by atoms with Crippen LogP contribution in [0.1, 0.15) is 23.2 Å². The van der Waals surface area contributed by atoms with Gasteiger partial charge in [0, 0.05) is 42.0 Å². The van der Waals surface area contributed by atoms with Crippen molar-refractivity contribution < 1.29 is 4.79 Å². The summed E-state index contributed by atoms with van der Waals surface area (Å²) >= 11 is 0. The minimum absolute atomic E-state index is 0.224. The number of fused-ring (bicyclic) bond motifs is 1. The van der Waals surface area contributed by atoms with Gasteiger partial charge in [-0.15, -0.1) is 5.10 Å². The van der Waals surface area contributed by atoms with Crippen LogP contribution in [0.15, 0.2) is 55.0 Å². The molecule has 0 atom stereocenters. The zero-order valence-corrected chi connectivity index (χ0v) is 17.7. The summed E-state index contributed by atoms with van der Waals surface area (Å²) in [7, 11) is 1.83. The van der Waals surface area contributed by atoms with E-state index in [-0.39, 0.29) is 5.91 Å². The Hall–Kier alpha value is -3.85. The van der Waals surface area contributed by atoms with Crippen LogP contribution in [0.4, 0.5) is 11.6 Å². The number of anilines is 2. The molecule has 1 saturated heterocycles. The number of carbonyl (C=O) groups excluding carboxylic acids is 1. The summed E-state index contributed by atoms with van der Waals surface area (Å²) in [6, 6.07) is 11.7. The Morgan fingerprint density at radius 2 is 1.94 bits per heavy atom. The van der Waals surface area contributed by atoms with Crippen LogP contribution in [0.25, 0.3) is 22.0 Å². The lowest BCUT2D eigenvalue weighted by atomic mass is 10.1. The summed E-state index contributed by atoms with van der Waals surface area (Å²) in [6.07, 6.45) is 7.34. The van der Waals surface area contributed by atoms with Crippen molar-refractivity contribution in [3.63, 3.8) is 0 Å². The molecule has 0 unspecified atom stereocenters. The second-order valence-corrected chi connectivity index (χ2v) is 7.96. The summed E-state index contributed by atoms with van der Waals surface area (Å²) in [5.74, 6) is 0.978. The number of piperidine rings is 1. The van der Waals surface area contributed by atoms with Gasteiger partial charge >= 0.3 is 0 Å². The Balaban J connectivity index is 1.33. The van der Waals surface area contributed by atoms with Crippen molar-refractivity contribution in [3.05, 3.63) is 60.6 Å². The molecule has 1 fully saturated rings. The maximum atomic E-state index is 12.8. The number of hydrogen-bond acceptors (Lipinski definition) is 7. The maximum absolute atomic E-state index is 12.8. The number of pyridine rings is 2. The van der Waals surface area contributed by atoms with Crippen molar-refractivity contribution in [2.24, 2.45) is 7.05 Å². The second kappa shape index (κ2) is 8.72. The van der Waals surface area contributed by atoms with E-state index in [1.807, 2.05) is 37.5 Å². The fraction of sp³-hybridized carbons (Fsp3) is 0.261. The summed E-state index contributed by atoms with van der Waals surface area (Å²) in [4.78, 5) is 21.6. The first kappa shape index (κ1) is 20.1. The van der Waals surface area contributed by atoms with Crippen LogP contribution in [0.2, 0.25) is 0 Å². The highest BCUT2D eigenvalue weighted by atomic mass is 16.1. The predicted octanol–water partition coefficient (Wildman–Crippen LogP) is 2.84. The summed E-state index contributed by atoms with van der Waals surface area (Å²) in [5.41, 5.74) is 2.28. The molecule has 0 saturated carbocycles. The van der Waals surface area contributed by atoms with Crippen molar-refractivity contribution in [3.8, 4) is 11.3 Å². The molecule has 5 rings (SSSR count). The van der Waals surface area contributed by atoms with Crippen LogP contribution in [0.5, 0.6) is 0 Å². The Bertz CT molecular complexity index is 1260. The zero-order valence-electron chi connectivity index (χ0n) is 17.7. The molecule has 9 heteroatoms. The van der Waals surface area contributed by atoms with E-state index in [9.17, 15) is 4.79 Å². The lowest BCUT2D eigenvalue weighted by molar-refractivity contribution is 0.102. The molecule has 4 aromatic rings. The number of hydrogen-bond donors (Lipinski definition) is 3. The van der Waals surface area contributed by atoms with Crippen LogP contribution < -0.4 is 16.0 Å².